The molecule has 19 heavy (non-hydrogen) atoms. The topological polar surface area (TPSA) is 98.5 Å². The monoisotopic (exact) mass is 286 g/mol. The van der Waals surface area contributed by atoms with Crippen molar-refractivity contribution in [2.24, 2.45) is 5.14 Å². The predicted octanol–water partition coefficient (Wildman–Crippen LogP) is 1.09. The summed E-state index contributed by atoms with van der Waals surface area (Å²) in [7, 11) is -3.76. The highest BCUT2D eigenvalue weighted by atomic mass is 32.2. The van der Waals surface area contributed by atoms with E-state index in [1.54, 1.807) is 6.07 Å². The van der Waals surface area contributed by atoms with Crippen LogP contribution in [0.5, 0.6) is 0 Å². The van der Waals surface area contributed by atoms with Crippen molar-refractivity contribution >= 4 is 21.6 Å². The Bertz CT molecular complexity index is 528. The number of ether oxygens (including phenoxy) is 1. The minimum Gasteiger partial charge on any atom is -0.382 e. The fourth-order valence-corrected chi connectivity index (χ4v) is 2.01. The van der Waals surface area contributed by atoms with Crippen LogP contribution < -0.4 is 10.5 Å². The Morgan fingerprint density at radius 1 is 1.42 bits per heavy atom. The van der Waals surface area contributed by atoms with Crippen LogP contribution in [0.15, 0.2) is 29.2 Å². The van der Waals surface area contributed by atoms with Gasteiger partial charge >= 0.3 is 0 Å². The molecule has 1 rings (SSSR count). The van der Waals surface area contributed by atoms with Gasteiger partial charge in [0.05, 0.1) is 4.90 Å². The van der Waals surface area contributed by atoms with Crippen LogP contribution in [0.2, 0.25) is 0 Å². The Kier molecular flexibility index (Phi) is 5.94. The van der Waals surface area contributed by atoms with Gasteiger partial charge in [-0.2, -0.15) is 0 Å². The average molecular weight is 286 g/mol. The van der Waals surface area contributed by atoms with Crippen molar-refractivity contribution in [2.75, 3.05) is 18.5 Å². The van der Waals surface area contributed by atoms with Crippen molar-refractivity contribution in [3.63, 3.8) is 0 Å². The Morgan fingerprint density at radius 2 is 2.16 bits per heavy atom. The predicted molar refractivity (Wildman–Crippen MR) is 72.2 cm³/mol. The maximum absolute atomic E-state index is 11.6. The number of nitrogens with one attached hydrogen (secondary N) is 1. The lowest BCUT2D eigenvalue weighted by atomic mass is 10.2. The summed E-state index contributed by atoms with van der Waals surface area (Å²) >= 11 is 0. The highest BCUT2D eigenvalue weighted by molar-refractivity contribution is 7.89. The lowest BCUT2D eigenvalue weighted by molar-refractivity contribution is -0.116. The number of carbonyl (C=O) groups is 1. The molecule has 1 aromatic rings. The van der Waals surface area contributed by atoms with Gasteiger partial charge in [-0.15, -0.1) is 0 Å². The summed E-state index contributed by atoms with van der Waals surface area (Å²) in [6.07, 6.45) is 0.939. The van der Waals surface area contributed by atoms with Gasteiger partial charge in [-0.3, -0.25) is 4.79 Å². The minimum absolute atomic E-state index is 0.0281. The SMILES string of the molecule is CCOCCCC(=O)Nc1cccc(S(N)(=O)=O)c1. The van der Waals surface area contributed by atoms with Crippen LogP contribution in [0, 0.1) is 0 Å². The number of hydrogen-bond acceptors (Lipinski definition) is 4. The first-order valence-corrected chi connectivity index (χ1v) is 7.48. The first-order valence-electron chi connectivity index (χ1n) is 5.94. The van der Waals surface area contributed by atoms with E-state index in [9.17, 15) is 13.2 Å². The zero-order chi connectivity index (χ0) is 14.3. The number of anilines is 1. The van der Waals surface area contributed by atoms with Crippen LogP contribution in [0.1, 0.15) is 19.8 Å². The molecular weight excluding hydrogens is 268 g/mol. The fraction of sp³-hybridized carbons (Fsp3) is 0.417. The molecule has 0 heterocycles. The van der Waals surface area contributed by atoms with E-state index in [-0.39, 0.29) is 10.8 Å². The van der Waals surface area contributed by atoms with E-state index in [1.165, 1.54) is 18.2 Å². The van der Waals surface area contributed by atoms with Gasteiger partial charge in [-0.1, -0.05) is 6.07 Å². The van der Waals surface area contributed by atoms with E-state index < -0.39 is 10.0 Å². The number of sulfonamides is 1. The lowest BCUT2D eigenvalue weighted by Gasteiger charge is -2.06. The number of nitrogens with two attached hydrogens (primary N) is 1. The number of rotatable bonds is 7. The van der Waals surface area contributed by atoms with Gasteiger partial charge in [0.25, 0.3) is 0 Å². The van der Waals surface area contributed by atoms with Gasteiger partial charge in [0.15, 0.2) is 0 Å². The van der Waals surface area contributed by atoms with Crippen LogP contribution >= 0.6 is 0 Å². The van der Waals surface area contributed by atoms with Gasteiger partial charge in [-0.05, 0) is 31.5 Å². The summed E-state index contributed by atoms with van der Waals surface area (Å²) in [5, 5.41) is 7.63. The molecule has 106 valence electrons. The molecule has 0 bridgehead atoms. The molecule has 0 aliphatic rings. The van der Waals surface area contributed by atoms with Crippen molar-refractivity contribution in [3.8, 4) is 0 Å². The van der Waals surface area contributed by atoms with E-state index in [2.05, 4.69) is 5.32 Å². The van der Waals surface area contributed by atoms with Crippen LogP contribution in [0.4, 0.5) is 5.69 Å². The van der Waals surface area contributed by atoms with Gasteiger partial charge in [0.2, 0.25) is 15.9 Å². The highest BCUT2D eigenvalue weighted by Gasteiger charge is 2.09. The molecule has 0 aliphatic heterocycles. The second-order valence-corrected chi connectivity index (χ2v) is 5.48. The molecule has 0 atom stereocenters. The smallest absolute Gasteiger partial charge is 0.238 e. The molecule has 0 unspecified atom stereocenters. The summed E-state index contributed by atoms with van der Waals surface area (Å²) in [6.45, 7) is 3.04. The zero-order valence-electron chi connectivity index (χ0n) is 10.8. The normalized spacial score (nSPS) is 11.3. The molecule has 0 fully saturated rings. The Hall–Kier alpha value is -1.44. The standard InChI is InChI=1S/C12H18N2O4S/c1-2-18-8-4-7-12(15)14-10-5-3-6-11(9-10)19(13,16)17/h3,5-6,9H,2,4,7-8H2,1H3,(H,14,15)(H2,13,16,17). The van der Waals surface area contributed by atoms with Crippen molar-refractivity contribution in [1.82, 2.24) is 0 Å². The molecular formula is C12H18N2O4S. The maximum atomic E-state index is 11.6. The number of hydrogen-bond donors (Lipinski definition) is 2. The third-order valence-electron chi connectivity index (χ3n) is 2.34. The summed E-state index contributed by atoms with van der Waals surface area (Å²) in [5.41, 5.74) is 0.410. The van der Waals surface area contributed by atoms with Crippen molar-refractivity contribution in [3.05, 3.63) is 24.3 Å². The summed E-state index contributed by atoms with van der Waals surface area (Å²) in [4.78, 5) is 11.6. The third kappa shape index (κ3) is 5.82. The third-order valence-corrected chi connectivity index (χ3v) is 3.25. The first kappa shape index (κ1) is 15.6. The van der Waals surface area contributed by atoms with Crippen LogP contribution in [0.25, 0.3) is 0 Å². The largest absolute Gasteiger partial charge is 0.382 e. The minimum atomic E-state index is -3.76. The van der Waals surface area contributed by atoms with E-state index in [1.807, 2.05) is 6.92 Å². The number of carbonyl (C=O) groups excluding carboxylic acids is 1. The number of amides is 1. The molecule has 0 saturated heterocycles. The lowest BCUT2D eigenvalue weighted by Crippen LogP contribution is -2.15. The summed E-state index contributed by atoms with van der Waals surface area (Å²) < 4.78 is 27.4. The molecule has 7 heteroatoms. The summed E-state index contributed by atoms with van der Waals surface area (Å²) in [6, 6.07) is 5.83. The molecule has 0 radical (unpaired) electrons. The second kappa shape index (κ2) is 7.22. The highest BCUT2D eigenvalue weighted by Crippen LogP contribution is 2.14. The van der Waals surface area contributed by atoms with Gasteiger partial charge in [0.1, 0.15) is 0 Å². The van der Waals surface area contributed by atoms with Crippen molar-refractivity contribution in [1.29, 1.82) is 0 Å². The van der Waals surface area contributed by atoms with E-state index in [4.69, 9.17) is 9.88 Å². The van der Waals surface area contributed by atoms with E-state index in [0.717, 1.165) is 0 Å². The fourth-order valence-electron chi connectivity index (χ4n) is 1.45. The molecule has 0 saturated carbocycles. The number of benzene rings is 1. The number of primary sulfonamides is 1. The van der Waals surface area contributed by atoms with Crippen LogP contribution in [-0.4, -0.2) is 27.5 Å². The molecule has 0 aliphatic carbocycles. The molecule has 0 aromatic heterocycles. The second-order valence-electron chi connectivity index (χ2n) is 3.92. The molecule has 1 amide bonds. The average Bonchev–Trinajstić information content (AvgIpc) is 2.34. The Labute approximate surface area is 113 Å². The Balaban J connectivity index is 2.55. The van der Waals surface area contributed by atoms with Crippen LogP contribution in [0.3, 0.4) is 0 Å². The zero-order valence-corrected chi connectivity index (χ0v) is 11.6. The van der Waals surface area contributed by atoms with Gasteiger partial charge in [0, 0.05) is 25.3 Å². The molecule has 1 aromatic carbocycles. The quantitative estimate of drug-likeness (QED) is 0.733. The van der Waals surface area contributed by atoms with Crippen molar-refractivity contribution < 1.29 is 17.9 Å². The molecule has 3 N–H and O–H groups in total. The van der Waals surface area contributed by atoms with Crippen molar-refractivity contribution in [2.45, 2.75) is 24.7 Å². The van der Waals surface area contributed by atoms with E-state index in [0.29, 0.717) is 31.7 Å². The first-order chi connectivity index (χ1) is 8.93. The Morgan fingerprint density at radius 3 is 2.79 bits per heavy atom. The summed E-state index contributed by atoms with van der Waals surface area (Å²) in [5.74, 6) is -0.189. The maximum Gasteiger partial charge on any atom is 0.238 e. The van der Waals surface area contributed by atoms with Crippen LogP contribution in [-0.2, 0) is 19.6 Å². The van der Waals surface area contributed by atoms with E-state index >= 15 is 0 Å². The van der Waals surface area contributed by atoms with Gasteiger partial charge in [-0.25, -0.2) is 13.6 Å². The van der Waals surface area contributed by atoms with Gasteiger partial charge < -0.3 is 10.1 Å². The molecule has 6 nitrogen and oxygen atoms in total. The molecule has 0 spiro atoms.